The molecule has 0 aromatic heterocycles. The van der Waals surface area contributed by atoms with Gasteiger partial charge in [-0.1, -0.05) is 12.1 Å². The van der Waals surface area contributed by atoms with Crippen LogP contribution in [0.2, 0.25) is 0 Å². The molecule has 0 aliphatic carbocycles. The number of methoxy groups -OCH3 is 4. The molecule has 5 nitrogen and oxygen atoms in total. The van der Waals surface area contributed by atoms with Crippen LogP contribution in [0.1, 0.15) is 0 Å². The predicted molar refractivity (Wildman–Crippen MR) is 84.4 cm³/mol. The van der Waals surface area contributed by atoms with Crippen LogP contribution in [0.15, 0.2) is 41.2 Å². The maximum atomic E-state index is 12.7. The zero-order valence-corrected chi connectivity index (χ0v) is 13.0. The monoisotopic (exact) mass is 302 g/mol. The lowest BCUT2D eigenvalue weighted by Gasteiger charge is -2.07. The van der Waals surface area contributed by atoms with Crippen molar-refractivity contribution in [3.05, 3.63) is 46.6 Å². The summed E-state index contributed by atoms with van der Waals surface area (Å²) in [5.74, 6) is 1.53. The van der Waals surface area contributed by atoms with E-state index in [0.717, 1.165) is 11.3 Å². The fourth-order valence-electron chi connectivity index (χ4n) is 2.19. The van der Waals surface area contributed by atoms with Crippen molar-refractivity contribution >= 4 is 0 Å². The Kier molecular flexibility index (Phi) is 4.88. The molecule has 5 heteroatoms. The number of ether oxygens (including phenoxy) is 4. The van der Waals surface area contributed by atoms with Gasteiger partial charge in [0.15, 0.2) is 5.75 Å². The van der Waals surface area contributed by atoms with E-state index in [2.05, 4.69) is 0 Å². The molecule has 116 valence electrons. The molecule has 0 saturated carbocycles. The Morgan fingerprint density at radius 2 is 1.32 bits per heavy atom. The molecule has 0 atom stereocenters. The third-order valence-corrected chi connectivity index (χ3v) is 3.31. The Bertz CT molecular complexity index is 707. The van der Waals surface area contributed by atoms with Crippen LogP contribution in [0.3, 0.4) is 0 Å². The number of rotatable bonds is 5. The standard InChI is InChI=1S/C17H18O5/c1-19-12-7-5-11(6-8-12)13-9-10-14(20-2)16(21-3)17(22-4)15(13)18/h5-10H,1-4H3. The van der Waals surface area contributed by atoms with E-state index in [9.17, 15) is 4.79 Å². The van der Waals surface area contributed by atoms with Crippen molar-refractivity contribution in [3.8, 4) is 34.1 Å². The van der Waals surface area contributed by atoms with E-state index in [0.29, 0.717) is 11.3 Å². The van der Waals surface area contributed by atoms with Crippen LogP contribution < -0.4 is 24.4 Å². The van der Waals surface area contributed by atoms with E-state index < -0.39 is 0 Å². The van der Waals surface area contributed by atoms with Gasteiger partial charge in [0, 0.05) is 5.56 Å². The van der Waals surface area contributed by atoms with Gasteiger partial charge in [0.25, 0.3) is 0 Å². The second-order valence-corrected chi connectivity index (χ2v) is 4.44. The Labute approximate surface area is 129 Å². The van der Waals surface area contributed by atoms with Gasteiger partial charge in [0.05, 0.1) is 28.4 Å². The first kappa shape index (κ1) is 15.7. The van der Waals surface area contributed by atoms with E-state index >= 15 is 0 Å². The van der Waals surface area contributed by atoms with Crippen LogP contribution in [0, 0.1) is 0 Å². The van der Waals surface area contributed by atoms with E-state index in [1.54, 1.807) is 31.4 Å². The third-order valence-electron chi connectivity index (χ3n) is 3.31. The fraction of sp³-hybridized carbons (Fsp3) is 0.235. The van der Waals surface area contributed by atoms with Gasteiger partial charge in [0.2, 0.25) is 16.9 Å². The molecule has 0 heterocycles. The molecule has 0 N–H and O–H groups in total. The molecule has 0 unspecified atom stereocenters. The molecule has 0 spiro atoms. The second kappa shape index (κ2) is 6.85. The Balaban J connectivity index is 2.71. The molecule has 0 aliphatic heterocycles. The summed E-state index contributed by atoms with van der Waals surface area (Å²) >= 11 is 0. The minimum absolute atomic E-state index is 0.107. The summed E-state index contributed by atoms with van der Waals surface area (Å²) < 4.78 is 20.9. The average Bonchev–Trinajstić information content (AvgIpc) is 2.70. The highest BCUT2D eigenvalue weighted by Crippen LogP contribution is 2.34. The van der Waals surface area contributed by atoms with Gasteiger partial charge in [-0.15, -0.1) is 0 Å². The third kappa shape index (κ3) is 2.83. The highest BCUT2D eigenvalue weighted by Gasteiger charge is 2.16. The average molecular weight is 302 g/mol. The zero-order chi connectivity index (χ0) is 16.1. The first-order valence-corrected chi connectivity index (χ1v) is 6.64. The van der Waals surface area contributed by atoms with Gasteiger partial charge in [-0.2, -0.15) is 0 Å². The van der Waals surface area contributed by atoms with E-state index in [1.807, 2.05) is 12.1 Å². The number of hydrogen-bond acceptors (Lipinski definition) is 5. The molecule has 0 amide bonds. The van der Waals surface area contributed by atoms with Crippen molar-refractivity contribution in [3.63, 3.8) is 0 Å². The van der Waals surface area contributed by atoms with Crippen LogP contribution in [-0.2, 0) is 0 Å². The van der Waals surface area contributed by atoms with Gasteiger partial charge in [-0.25, -0.2) is 0 Å². The summed E-state index contributed by atoms with van der Waals surface area (Å²) in [7, 11) is 5.99. The lowest BCUT2D eigenvalue weighted by Crippen LogP contribution is -2.07. The topological polar surface area (TPSA) is 54.0 Å². The van der Waals surface area contributed by atoms with Crippen molar-refractivity contribution in [2.24, 2.45) is 0 Å². The lowest BCUT2D eigenvalue weighted by molar-refractivity contribution is 0.325. The molecule has 2 aromatic rings. The van der Waals surface area contributed by atoms with Crippen LogP contribution in [0.5, 0.6) is 23.0 Å². The first-order chi connectivity index (χ1) is 10.7. The van der Waals surface area contributed by atoms with Crippen molar-refractivity contribution < 1.29 is 18.9 Å². The summed E-state index contributed by atoms with van der Waals surface area (Å²) in [6, 6.07) is 10.6. The Morgan fingerprint density at radius 3 is 1.82 bits per heavy atom. The number of hydrogen-bond donors (Lipinski definition) is 0. The van der Waals surface area contributed by atoms with Crippen molar-refractivity contribution in [2.75, 3.05) is 28.4 Å². The molecule has 2 aromatic carbocycles. The molecule has 0 fully saturated rings. The highest BCUT2D eigenvalue weighted by atomic mass is 16.5. The van der Waals surface area contributed by atoms with Gasteiger partial charge in [0.1, 0.15) is 5.75 Å². The summed E-state index contributed by atoms with van der Waals surface area (Å²) in [6.07, 6.45) is 0. The van der Waals surface area contributed by atoms with Crippen LogP contribution in [0.25, 0.3) is 11.1 Å². The van der Waals surface area contributed by atoms with Crippen LogP contribution >= 0.6 is 0 Å². The van der Waals surface area contributed by atoms with Crippen molar-refractivity contribution in [2.45, 2.75) is 0 Å². The van der Waals surface area contributed by atoms with Crippen LogP contribution in [-0.4, -0.2) is 28.4 Å². The fourth-order valence-corrected chi connectivity index (χ4v) is 2.19. The van der Waals surface area contributed by atoms with E-state index in [1.165, 1.54) is 21.3 Å². The highest BCUT2D eigenvalue weighted by molar-refractivity contribution is 5.68. The molecule has 0 aliphatic rings. The normalized spacial score (nSPS) is 10.0. The molecule has 0 bridgehead atoms. The van der Waals surface area contributed by atoms with Crippen LogP contribution in [0.4, 0.5) is 0 Å². The quantitative estimate of drug-likeness (QED) is 0.850. The molecule has 22 heavy (non-hydrogen) atoms. The van der Waals surface area contributed by atoms with Crippen molar-refractivity contribution in [1.29, 1.82) is 0 Å². The van der Waals surface area contributed by atoms with E-state index in [-0.39, 0.29) is 16.9 Å². The molecular formula is C17H18O5. The van der Waals surface area contributed by atoms with Gasteiger partial charge < -0.3 is 18.9 Å². The Morgan fingerprint density at radius 1 is 0.682 bits per heavy atom. The minimum Gasteiger partial charge on any atom is -0.497 e. The zero-order valence-electron chi connectivity index (χ0n) is 13.0. The molecular weight excluding hydrogens is 284 g/mol. The first-order valence-electron chi connectivity index (χ1n) is 6.64. The summed E-state index contributed by atoms with van der Waals surface area (Å²) in [6.45, 7) is 0. The smallest absolute Gasteiger partial charge is 0.232 e. The summed E-state index contributed by atoms with van der Waals surface area (Å²) in [5, 5.41) is 0. The Hall–Kier alpha value is -2.69. The minimum atomic E-state index is -0.271. The van der Waals surface area contributed by atoms with Gasteiger partial charge >= 0.3 is 0 Å². The molecule has 0 radical (unpaired) electrons. The predicted octanol–water partition coefficient (Wildman–Crippen LogP) is 2.75. The lowest BCUT2D eigenvalue weighted by atomic mass is 10.1. The SMILES string of the molecule is COc1ccc(-c2ccc(OC)c(OC)c(OC)c2=O)cc1. The van der Waals surface area contributed by atoms with Gasteiger partial charge in [-0.3, -0.25) is 4.79 Å². The number of benzene rings is 1. The van der Waals surface area contributed by atoms with Crippen molar-refractivity contribution in [1.82, 2.24) is 0 Å². The maximum Gasteiger partial charge on any atom is 0.232 e. The van der Waals surface area contributed by atoms with E-state index in [4.69, 9.17) is 18.9 Å². The van der Waals surface area contributed by atoms with Gasteiger partial charge in [-0.05, 0) is 29.8 Å². The largest absolute Gasteiger partial charge is 0.497 e. The second-order valence-electron chi connectivity index (χ2n) is 4.44. The summed E-state index contributed by atoms with van der Waals surface area (Å²) in [5.41, 5.74) is 0.971. The maximum absolute atomic E-state index is 12.7. The molecule has 0 saturated heterocycles. The summed E-state index contributed by atoms with van der Waals surface area (Å²) in [4.78, 5) is 12.7. The molecule has 2 rings (SSSR count).